The highest BCUT2D eigenvalue weighted by molar-refractivity contribution is 6.32. The molecule has 4 atom stereocenters. The van der Waals surface area contributed by atoms with Crippen molar-refractivity contribution < 1.29 is 4.79 Å². The number of likely N-dealkylation sites (tertiary alicyclic amines) is 1. The van der Waals surface area contributed by atoms with Crippen LogP contribution in [-0.2, 0) is 11.3 Å². The second-order valence-corrected chi connectivity index (χ2v) is 10.6. The third kappa shape index (κ3) is 3.32. The summed E-state index contributed by atoms with van der Waals surface area (Å²) in [5.74, 6) is 0.331. The van der Waals surface area contributed by atoms with Gasteiger partial charge >= 0.3 is 0 Å². The maximum absolute atomic E-state index is 13.1. The van der Waals surface area contributed by atoms with Crippen molar-refractivity contribution in [1.82, 2.24) is 19.8 Å². The quantitative estimate of drug-likeness (QED) is 0.430. The molecule has 2 aromatic carbocycles. The molecule has 4 unspecified atom stereocenters. The number of halogens is 2. The molecule has 34 heavy (non-hydrogen) atoms. The number of rotatable bonds is 8. The van der Waals surface area contributed by atoms with Gasteiger partial charge in [0.25, 0.3) is 0 Å². The number of benzene rings is 2. The smallest absolute Gasteiger partial charge is 0.223 e. The summed E-state index contributed by atoms with van der Waals surface area (Å²) in [6.45, 7) is 1.57. The van der Waals surface area contributed by atoms with Crippen LogP contribution in [0.25, 0.3) is 0 Å². The maximum atomic E-state index is 13.1. The van der Waals surface area contributed by atoms with E-state index in [-0.39, 0.29) is 23.3 Å². The molecule has 3 aromatic rings. The zero-order chi connectivity index (χ0) is 23.3. The molecule has 1 aromatic heterocycles. The van der Waals surface area contributed by atoms with Gasteiger partial charge in [0, 0.05) is 58.9 Å². The monoisotopic (exact) mass is 494 g/mol. The zero-order valence-electron chi connectivity index (χ0n) is 18.9. The van der Waals surface area contributed by atoms with Crippen LogP contribution < -0.4 is 5.32 Å². The summed E-state index contributed by atoms with van der Waals surface area (Å²) in [7, 11) is 0. The van der Waals surface area contributed by atoms with E-state index < -0.39 is 0 Å². The first-order chi connectivity index (χ1) is 16.6. The number of nitrogens with one attached hydrogen (secondary N) is 1. The van der Waals surface area contributed by atoms with E-state index in [0.717, 1.165) is 53.4 Å². The fourth-order valence-corrected chi connectivity index (χ4v) is 7.18. The van der Waals surface area contributed by atoms with Gasteiger partial charge in [-0.3, -0.25) is 9.69 Å². The Kier molecular flexibility index (Phi) is 5.67. The number of carbonyl (C=O) groups excluding carboxylic acids is 1. The third-order valence-corrected chi connectivity index (χ3v) is 9.07. The van der Waals surface area contributed by atoms with E-state index in [0.29, 0.717) is 18.6 Å². The lowest BCUT2D eigenvalue weighted by atomic mass is 9.37. The second-order valence-electron chi connectivity index (χ2n) is 9.81. The number of hydrogen-bond acceptors (Lipinski definition) is 3. The van der Waals surface area contributed by atoms with E-state index in [4.69, 9.17) is 23.2 Å². The standard InChI is InChI=1S/C27H28Cl2N4O/c28-21-8-3-1-6-18(21)25(19-7-2-4-9-22(19)29)33-23-10-11-27(23)20(16-24(27)33)26(34)31-12-5-14-32-15-13-30-17-32/h1-4,6-9,13,15,17,20,23-25H,5,10-12,14,16H2,(H,31,34). The van der Waals surface area contributed by atoms with Crippen LogP contribution >= 0.6 is 23.2 Å². The van der Waals surface area contributed by atoms with Crippen LogP contribution in [0.15, 0.2) is 67.3 Å². The first-order valence-electron chi connectivity index (χ1n) is 12.1. The van der Waals surface area contributed by atoms with Crippen LogP contribution in [0.5, 0.6) is 0 Å². The SMILES string of the molecule is O=C(NCCCn1ccnc1)C1CC2N(C(c3ccccc3Cl)c3ccccc3Cl)C3CCC132. The molecular weight excluding hydrogens is 467 g/mol. The molecule has 176 valence electrons. The Balaban J connectivity index is 1.18. The average molecular weight is 495 g/mol. The van der Waals surface area contributed by atoms with Gasteiger partial charge < -0.3 is 9.88 Å². The predicted octanol–water partition coefficient (Wildman–Crippen LogP) is 5.34. The van der Waals surface area contributed by atoms with Gasteiger partial charge in [-0.05, 0) is 48.9 Å². The lowest BCUT2D eigenvalue weighted by molar-refractivity contribution is -0.303. The lowest BCUT2D eigenvalue weighted by Gasteiger charge is -2.80. The minimum atomic E-state index is 0.00464. The van der Waals surface area contributed by atoms with E-state index >= 15 is 0 Å². The minimum absolute atomic E-state index is 0.00464. The van der Waals surface area contributed by atoms with Gasteiger partial charge in [-0.1, -0.05) is 59.6 Å². The maximum Gasteiger partial charge on any atom is 0.223 e. The summed E-state index contributed by atoms with van der Waals surface area (Å²) in [6, 6.07) is 16.9. The zero-order valence-corrected chi connectivity index (χ0v) is 20.4. The summed E-state index contributed by atoms with van der Waals surface area (Å²) >= 11 is 13.4. The van der Waals surface area contributed by atoms with E-state index in [2.05, 4.69) is 27.3 Å². The van der Waals surface area contributed by atoms with E-state index in [9.17, 15) is 4.79 Å². The summed E-state index contributed by atoms with van der Waals surface area (Å²) < 4.78 is 2.04. The normalized spacial score (nSPS) is 27.2. The van der Waals surface area contributed by atoms with Crippen LogP contribution in [0.3, 0.4) is 0 Å². The van der Waals surface area contributed by atoms with Crippen LogP contribution in [0, 0.1) is 11.3 Å². The molecule has 7 heteroatoms. The molecule has 1 saturated heterocycles. The average Bonchev–Trinajstić information content (AvgIpc) is 3.31. The van der Waals surface area contributed by atoms with Crippen molar-refractivity contribution in [3.05, 3.63) is 88.4 Å². The molecular formula is C27H28Cl2N4O. The van der Waals surface area contributed by atoms with Gasteiger partial charge in [-0.25, -0.2) is 4.98 Å². The molecule has 1 amide bonds. The molecule has 2 saturated carbocycles. The number of piperidine rings is 2. The lowest BCUT2D eigenvalue weighted by Crippen LogP contribution is -2.86. The van der Waals surface area contributed by atoms with Crippen LogP contribution in [0.4, 0.5) is 0 Å². The molecule has 3 fully saturated rings. The van der Waals surface area contributed by atoms with Gasteiger partial charge in [0.15, 0.2) is 0 Å². The predicted molar refractivity (Wildman–Crippen MR) is 134 cm³/mol. The third-order valence-electron chi connectivity index (χ3n) is 8.38. The molecule has 1 spiro atoms. The van der Waals surface area contributed by atoms with Crippen LogP contribution in [0.2, 0.25) is 10.0 Å². The number of amides is 1. The van der Waals surface area contributed by atoms with Crippen LogP contribution in [0.1, 0.15) is 42.9 Å². The summed E-state index contributed by atoms with van der Waals surface area (Å²) in [4.78, 5) is 19.8. The van der Waals surface area contributed by atoms with Crippen molar-refractivity contribution in [3.8, 4) is 0 Å². The Morgan fingerprint density at radius 1 is 1.09 bits per heavy atom. The van der Waals surface area contributed by atoms with E-state index in [1.54, 1.807) is 6.20 Å². The molecule has 0 bridgehead atoms. The first-order valence-corrected chi connectivity index (χ1v) is 12.9. The number of imidazole rings is 1. The number of nitrogens with zero attached hydrogens (tertiary/aromatic N) is 3. The molecule has 5 nitrogen and oxygen atoms in total. The number of aromatic nitrogens is 2. The van der Waals surface area contributed by atoms with Crippen LogP contribution in [-0.4, -0.2) is 39.0 Å². The fourth-order valence-electron chi connectivity index (χ4n) is 6.71. The van der Waals surface area contributed by atoms with Gasteiger partial charge in [-0.2, -0.15) is 0 Å². The van der Waals surface area contributed by atoms with Gasteiger partial charge in [-0.15, -0.1) is 0 Å². The van der Waals surface area contributed by atoms with Gasteiger partial charge in [0.1, 0.15) is 0 Å². The van der Waals surface area contributed by atoms with Gasteiger partial charge in [0.05, 0.1) is 12.4 Å². The second kappa shape index (κ2) is 8.71. The van der Waals surface area contributed by atoms with E-state index in [1.807, 2.05) is 53.5 Å². The highest BCUT2D eigenvalue weighted by Crippen LogP contribution is 2.73. The van der Waals surface area contributed by atoms with E-state index in [1.165, 1.54) is 0 Å². The Hall–Kier alpha value is -2.34. The molecule has 3 aliphatic rings. The Morgan fingerprint density at radius 2 is 1.79 bits per heavy atom. The van der Waals surface area contributed by atoms with Crippen molar-refractivity contribution >= 4 is 29.1 Å². The number of hydrogen-bond donors (Lipinski definition) is 1. The summed E-state index contributed by atoms with van der Waals surface area (Å²) in [6.07, 6.45) is 9.60. The topological polar surface area (TPSA) is 50.2 Å². The molecule has 0 radical (unpaired) electrons. The first kappa shape index (κ1) is 22.1. The van der Waals surface area contributed by atoms with Crippen molar-refractivity contribution in [3.63, 3.8) is 0 Å². The van der Waals surface area contributed by atoms with Gasteiger partial charge in [0.2, 0.25) is 5.91 Å². The number of carbonyl (C=O) groups is 1. The molecule has 1 aliphatic heterocycles. The molecule has 2 aliphatic carbocycles. The molecule has 6 rings (SSSR count). The highest BCUT2D eigenvalue weighted by Gasteiger charge is 2.77. The Labute approximate surface area is 210 Å². The van der Waals surface area contributed by atoms with Crippen molar-refractivity contribution in [2.75, 3.05) is 6.54 Å². The Morgan fingerprint density at radius 3 is 2.35 bits per heavy atom. The van der Waals surface area contributed by atoms with Crippen molar-refractivity contribution in [2.45, 2.75) is 50.4 Å². The molecule has 2 heterocycles. The van der Waals surface area contributed by atoms with Crippen molar-refractivity contribution in [2.24, 2.45) is 11.3 Å². The van der Waals surface area contributed by atoms with Crippen molar-refractivity contribution in [1.29, 1.82) is 0 Å². The fraction of sp³-hybridized carbons (Fsp3) is 0.407. The largest absolute Gasteiger partial charge is 0.356 e. The summed E-state index contributed by atoms with van der Waals surface area (Å²) in [5, 5.41) is 4.72. The number of aryl methyl sites for hydroxylation is 1. The molecule has 1 N–H and O–H groups in total. The Bertz CT molecular complexity index is 1150. The highest BCUT2D eigenvalue weighted by atomic mass is 35.5. The minimum Gasteiger partial charge on any atom is -0.356 e. The summed E-state index contributed by atoms with van der Waals surface area (Å²) in [5.41, 5.74) is 2.30.